The molecular weight excluding hydrogens is 853 g/mol. The second-order valence-electron chi connectivity index (χ2n) is 16.2. The zero-order chi connectivity index (χ0) is 38.8. The summed E-state index contributed by atoms with van der Waals surface area (Å²) >= 11 is 0. The van der Waals surface area contributed by atoms with Crippen LogP contribution in [0.15, 0.2) is 121 Å². The number of para-hydroxylation sites is 3. The van der Waals surface area contributed by atoms with Gasteiger partial charge in [0.1, 0.15) is 5.76 Å². The van der Waals surface area contributed by atoms with E-state index in [1.807, 2.05) is 41.5 Å². The SMILES string of the molecule is CC(C)(C)c1cc(-c2cc(-n3c4ccccc4c4ccccc43)c3ccccc3n2)[c-]c2ccccc12.CCC(C)(CC)C(=O)/C=C(\O)C(C)(CC)CC.[Ir]. The fraction of sp³-hybridized carbons (Fsp3) is 0.320. The Labute approximate surface area is 341 Å². The number of hydrogen-bond acceptors (Lipinski definition) is 3. The Morgan fingerprint density at radius 1 is 0.673 bits per heavy atom. The van der Waals surface area contributed by atoms with Crippen LogP contribution in [0.1, 0.15) is 93.6 Å². The first-order valence-electron chi connectivity index (χ1n) is 19.6. The molecule has 0 spiro atoms. The van der Waals surface area contributed by atoms with Crippen molar-refractivity contribution >= 4 is 49.3 Å². The molecule has 0 aliphatic carbocycles. The third-order valence-electron chi connectivity index (χ3n) is 12.0. The number of fused-ring (bicyclic) bond motifs is 5. The molecule has 1 N–H and O–H groups in total. The van der Waals surface area contributed by atoms with E-state index in [-0.39, 0.29) is 47.9 Å². The Kier molecular flexibility index (Phi) is 12.6. The van der Waals surface area contributed by atoms with Gasteiger partial charge in [-0.2, -0.15) is 0 Å². The predicted octanol–water partition coefficient (Wildman–Crippen LogP) is 13.9. The molecule has 287 valence electrons. The van der Waals surface area contributed by atoms with E-state index in [1.165, 1.54) is 38.8 Å². The van der Waals surface area contributed by atoms with Crippen LogP contribution < -0.4 is 0 Å². The molecule has 1 radical (unpaired) electrons. The minimum absolute atomic E-state index is 0. The van der Waals surface area contributed by atoms with Gasteiger partial charge in [0.15, 0.2) is 5.78 Å². The van der Waals surface area contributed by atoms with E-state index in [0.29, 0.717) is 0 Å². The van der Waals surface area contributed by atoms with Gasteiger partial charge >= 0.3 is 0 Å². The van der Waals surface area contributed by atoms with Gasteiger partial charge in [0.25, 0.3) is 0 Å². The molecule has 7 aromatic rings. The largest absolute Gasteiger partial charge is 0.512 e. The molecule has 0 aliphatic rings. The van der Waals surface area contributed by atoms with Crippen molar-refractivity contribution in [3.63, 3.8) is 0 Å². The molecule has 7 rings (SSSR count). The molecule has 2 heterocycles. The first-order chi connectivity index (χ1) is 25.8. The van der Waals surface area contributed by atoms with E-state index in [4.69, 9.17) is 4.98 Å². The molecule has 0 atom stereocenters. The number of rotatable bonds is 9. The maximum atomic E-state index is 12.2. The molecule has 4 nitrogen and oxygen atoms in total. The second kappa shape index (κ2) is 16.7. The average Bonchev–Trinajstić information content (AvgIpc) is 3.53. The average molecular weight is 908 g/mol. The molecule has 0 amide bonds. The van der Waals surface area contributed by atoms with Gasteiger partial charge in [-0.3, -0.25) is 9.78 Å². The number of carbonyl (C=O) groups is 1. The predicted molar refractivity (Wildman–Crippen MR) is 230 cm³/mol. The first-order valence-corrected chi connectivity index (χ1v) is 19.6. The van der Waals surface area contributed by atoms with Crippen molar-refractivity contribution in [3.8, 4) is 16.9 Å². The van der Waals surface area contributed by atoms with Crippen LogP contribution in [-0.4, -0.2) is 20.4 Å². The number of hydrogen-bond donors (Lipinski definition) is 1. The van der Waals surface area contributed by atoms with Gasteiger partial charge in [-0.15, -0.1) is 29.1 Å². The monoisotopic (exact) mass is 908 g/mol. The van der Waals surface area contributed by atoms with E-state index >= 15 is 0 Å². The fourth-order valence-electron chi connectivity index (χ4n) is 7.33. The van der Waals surface area contributed by atoms with Crippen LogP contribution in [0.4, 0.5) is 0 Å². The topological polar surface area (TPSA) is 55.1 Å². The zero-order valence-electron chi connectivity index (χ0n) is 33.9. The van der Waals surface area contributed by atoms with Crippen molar-refractivity contribution in [3.05, 3.63) is 133 Å². The molecule has 0 bridgehead atoms. The molecule has 5 aromatic carbocycles. The van der Waals surface area contributed by atoms with Crippen molar-refractivity contribution in [2.45, 2.75) is 93.4 Å². The standard InChI is InChI=1S/C35H27N2.C15H28O2.Ir/c1-35(2,3)29-21-24(20-23-12-4-5-13-25(23)29)31-22-34(28-16-6-9-17-30(28)36-31)37-32-18-10-7-14-26(32)27-15-8-11-19-33(27)37;1-7-14(5,8-2)12(16)11-13(17)15(6,9-3)10-4;/h4-19,21-22H,1-3H3;11,16H,7-10H2,1-6H3;/q-1;;/b;12-11-;. The number of aliphatic hydroxyl groups is 1. The summed E-state index contributed by atoms with van der Waals surface area (Å²) in [4.78, 5) is 17.3. The Morgan fingerprint density at radius 2 is 1.16 bits per heavy atom. The van der Waals surface area contributed by atoms with Crippen molar-refractivity contribution < 1.29 is 30.0 Å². The molecule has 0 fully saturated rings. The van der Waals surface area contributed by atoms with Crippen LogP contribution in [-0.2, 0) is 30.3 Å². The number of allylic oxidation sites excluding steroid dienone is 2. The van der Waals surface area contributed by atoms with Crippen LogP contribution in [0.25, 0.3) is 60.4 Å². The van der Waals surface area contributed by atoms with Crippen molar-refractivity contribution in [1.82, 2.24) is 9.55 Å². The summed E-state index contributed by atoms with van der Waals surface area (Å²) in [5, 5.41) is 16.2. The third-order valence-corrected chi connectivity index (χ3v) is 12.0. The van der Waals surface area contributed by atoms with Gasteiger partial charge in [-0.1, -0.05) is 146 Å². The summed E-state index contributed by atoms with van der Waals surface area (Å²) in [6.45, 7) is 18.9. The van der Waals surface area contributed by atoms with Crippen LogP contribution in [0, 0.1) is 16.9 Å². The number of ketones is 1. The Morgan fingerprint density at radius 3 is 1.71 bits per heavy atom. The van der Waals surface area contributed by atoms with E-state index in [0.717, 1.165) is 58.9 Å². The third kappa shape index (κ3) is 8.06. The van der Waals surface area contributed by atoms with Crippen molar-refractivity contribution in [2.24, 2.45) is 10.8 Å². The number of carbonyl (C=O) groups excluding carboxylic acids is 1. The number of aromatic nitrogens is 2. The molecule has 0 saturated heterocycles. The van der Waals surface area contributed by atoms with Gasteiger partial charge in [0, 0.05) is 58.9 Å². The van der Waals surface area contributed by atoms with Gasteiger partial charge in [-0.05, 0) is 55.4 Å². The van der Waals surface area contributed by atoms with Gasteiger partial charge < -0.3 is 9.67 Å². The van der Waals surface area contributed by atoms with Gasteiger partial charge in [0.2, 0.25) is 0 Å². The first kappa shape index (κ1) is 41.6. The molecule has 5 heteroatoms. The molecule has 0 unspecified atom stereocenters. The summed E-state index contributed by atoms with van der Waals surface area (Å²) < 4.78 is 2.39. The fourth-order valence-corrected chi connectivity index (χ4v) is 7.33. The van der Waals surface area contributed by atoms with Crippen molar-refractivity contribution in [1.29, 1.82) is 0 Å². The quantitative estimate of drug-likeness (QED) is 0.0892. The number of nitrogens with zero attached hydrogens (tertiary/aromatic N) is 2. The minimum Gasteiger partial charge on any atom is -0.512 e. The van der Waals surface area contributed by atoms with E-state index in [9.17, 15) is 9.90 Å². The van der Waals surface area contributed by atoms with Crippen LogP contribution in [0.2, 0.25) is 0 Å². The van der Waals surface area contributed by atoms with Crippen molar-refractivity contribution in [2.75, 3.05) is 0 Å². The molecule has 0 saturated carbocycles. The van der Waals surface area contributed by atoms with E-state index < -0.39 is 0 Å². The van der Waals surface area contributed by atoms with Crippen LogP contribution >= 0.6 is 0 Å². The summed E-state index contributed by atoms with van der Waals surface area (Å²) in [6.07, 6.45) is 4.75. The number of aliphatic hydroxyl groups excluding tert-OH is 1. The summed E-state index contributed by atoms with van der Waals surface area (Å²) in [7, 11) is 0. The summed E-state index contributed by atoms with van der Waals surface area (Å²) in [6, 6.07) is 42.6. The summed E-state index contributed by atoms with van der Waals surface area (Å²) in [5.41, 5.74) is 7.18. The van der Waals surface area contributed by atoms with Crippen LogP contribution in [0.5, 0.6) is 0 Å². The number of pyridine rings is 1. The number of benzene rings is 5. The smallest absolute Gasteiger partial charge is 0.164 e. The maximum Gasteiger partial charge on any atom is 0.164 e. The van der Waals surface area contributed by atoms with E-state index in [2.05, 4.69) is 141 Å². The molecule has 2 aromatic heterocycles. The molecular formula is C50H55IrN2O2-. The normalized spacial score (nSPS) is 12.5. The second-order valence-corrected chi connectivity index (χ2v) is 16.2. The molecule has 55 heavy (non-hydrogen) atoms. The summed E-state index contributed by atoms with van der Waals surface area (Å²) in [5.74, 6) is 0.286. The molecule has 0 aliphatic heterocycles. The zero-order valence-corrected chi connectivity index (χ0v) is 36.3. The maximum absolute atomic E-state index is 12.2. The van der Waals surface area contributed by atoms with E-state index in [1.54, 1.807) is 0 Å². The van der Waals surface area contributed by atoms with Crippen LogP contribution in [0.3, 0.4) is 0 Å². The Hall–Kier alpha value is -4.57. The Balaban J connectivity index is 0.000000276. The van der Waals surface area contributed by atoms with Gasteiger partial charge in [0.05, 0.1) is 22.2 Å². The Bertz CT molecular complexity index is 2440. The minimum atomic E-state index is -0.337. The van der Waals surface area contributed by atoms with Gasteiger partial charge in [-0.25, -0.2) is 0 Å².